The molecule has 2 N–H and O–H groups in total. The summed E-state index contributed by atoms with van der Waals surface area (Å²) in [7, 11) is 2.06. The second-order valence-electron chi connectivity index (χ2n) is 4.52. The van der Waals surface area contributed by atoms with E-state index in [4.69, 9.17) is 5.73 Å². The molecule has 0 saturated heterocycles. The van der Waals surface area contributed by atoms with Gasteiger partial charge < -0.3 is 10.3 Å². The van der Waals surface area contributed by atoms with Crippen molar-refractivity contribution in [3.63, 3.8) is 0 Å². The van der Waals surface area contributed by atoms with Gasteiger partial charge in [-0.1, -0.05) is 13.3 Å². The average molecular weight is 193 g/mol. The van der Waals surface area contributed by atoms with Crippen molar-refractivity contribution >= 4 is 0 Å². The Morgan fingerprint density at radius 3 is 2.93 bits per heavy atom. The maximum atomic E-state index is 5.97. The van der Waals surface area contributed by atoms with Crippen LogP contribution in [0.25, 0.3) is 0 Å². The first-order chi connectivity index (χ1) is 6.70. The molecule has 0 aromatic carbocycles. The van der Waals surface area contributed by atoms with Crippen molar-refractivity contribution in [1.29, 1.82) is 0 Å². The van der Waals surface area contributed by atoms with Crippen LogP contribution in [0.3, 0.4) is 0 Å². The van der Waals surface area contributed by atoms with Gasteiger partial charge in [-0.25, -0.2) is 4.98 Å². The monoisotopic (exact) mass is 193 g/mol. The minimum absolute atomic E-state index is 0.137. The van der Waals surface area contributed by atoms with Crippen LogP contribution in [-0.2, 0) is 12.5 Å². The highest BCUT2D eigenvalue weighted by molar-refractivity contribution is 5.15. The summed E-state index contributed by atoms with van der Waals surface area (Å²) in [5, 5.41) is 0. The summed E-state index contributed by atoms with van der Waals surface area (Å²) in [6, 6.07) is 0. The van der Waals surface area contributed by atoms with E-state index in [0.717, 1.165) is 6.54 Å². The molecule has 1 fully saturated rings. The van der Waals surface area contributed by atoms with Crippen LogP contribution in [0.15, 0.2) is 12.4 Å². The Kier molecular flexibility index (Phi) is 2.35. The molecule has 1 aromatic rings. The van der Waals surface area contributed by atoms with Gasteiger partial charge in [0.25, 0.3) is 0 Å². The summed E-state index contributed by atoms with van der Waals surface area (Å²) in [5.74, 6) is 1.83. The molecule has 3 heteroatoms. The Morgan fingerprint density at radius 1 is 1.71 bits per heavy atom. The number of imidazole rings is 1. The van der Waals surface area contributed by atoms with Crippen molar-refractivity contribution < 1.29 is 0 Å². The molecule has 1 aromatic heterocycles. The van der Waals surface area contributed by atoms with Gasteiger partial charge in [-0.3, -0.25) is 0 Å². The fourth-order valence-electron chi connectivity index (χ4n) is 2.82. The van der Waals surface area contributed by atoms with Gasteiger partial charge in [-0.05, 0) is 18.8 Å². The van der Waals surface area contributed by atoms with E-state index in [1.807, 2.05) is 12.4 Å². The van der Waals surface area contributed by atoms with Gasteiger partial charge in [0.2, 0.25) is 0 Å². The predicted molar refractivity (Wildman–Crippen MR) is 57.0 cm³/mol. The molecule has 2 atom stereocenters. The lowest BCUT2D eigenvalue weighted by Crippen LogP contribution is -2.39. The van der Waals surface area contributed by atoms with Gasteiger partial charge in [0, 0.05) is 31.4 Å². The first-order valence-corrected chi connectivity index (χ1v) is 5.38. The normalized spacial score (nSPS) is 32.4. The van der Waals surface area contributed by atoms with Gasteiger partial charge in [0.05, 0.1) is 0 Å². The fourth-order valence-corrected chi connectivity index (χ4v) is 2.82. The summed E-state index contributed by atoms with van der Waals surface area (Å²) < 4.78 is 2.12. The van der Waals surface area contributed by atoms with Gasteiger partial charge in [-0.2, -0.15) is 0 Å². The van der Waals surface area contributed by atoms with Crippen LogP contribution in [-0.4, -0.2) is 16.1 Å². The number of aromatic nitrogens is 2. The Bertz CT molecular complexity index is 318. The highest BCUT2D eigenvalue weighted by Gasteiger charge is 2.43. The maximum Gasteiger partial charge on any atom is 0.116 e. The first-order valence-electron chi connectivity index (χ1n) is 5.38. The van der Waals surface area contributed by atoms with Crippen molar-refractivity contribution in [3.8, 4) is 0 Å². The Hall–Kier alpha value is -0.830. The minimum Gasteiger partial charge on any atom is -0.337 e. The van der Waals surface area contributed by atoms with Gasteiger partial charge in [-0.15, -0.1) is 0 Å². The Balaban J connectivity index is 2.42. The lowest BCUT2D eigenvalue weighted by atomic mass is 9.78. The molecule has 0 aliphatic heterocycles. The standard InChI is InChI=1S/C11H19N3/c1-9-4-3-5-11(9,8-12)10-13-6-7-14(10)2/h6-7,9H,3-5,8,12H2,1-2H3. The van der Waals surface area contributed by atoms with Crippen LogP contribution in [0.2, 0.25) is 0 Å². The van der Waals surface area contributed by atoms with Crippen LogP contribution in [0.5, 0.6) is 0 Å². The SMILES string of the molecule is CC1CCCC1(CN)c1nccn1C. The van der Waals surface area contributed by atoms with Crippen LogP contribution in [0.4, 0.5) is 0 Å². The highest BCUT2D eigenvalue weighted by Crippen LogP contribution is 2.43. The number of hydrogen-bond acceptors (Lipinski definition) is 2. The van der Waals surface area contributed by atoms with E-state index in [2.05, 4.69) is 23.5 Å². The molecule has 1 aliphatic rings. The van der Waals surface area contributed by atoms with Crippen molar-refractivity contribution in [2.45, 2.75) is 31.6 Å². The molecule has 3 nitrogen and oxygen atoms in total. The minimum atomic E-state index is 0.137. The summed E-state index contributed by atoms with van der Waals surface area (Å²) in [4.78, 5) is 4.47. The molecule has 0 radical (unpaired) electrons. The third kappa shape index (κ3) is 1.19. The Labute approximate surface area is 85.3 Å². The zero-order chi connectivity index (χ0) is 10.2. The van der Waals surface area contributed by atoms with Gasteiger partial charge >= 0.3 is 0 Å². The number of aryl methyl sites for hydroxylation is 1. The summed E-state index contributed by atoms with van der Waals surface area (Å²) in [6.45, 7) is 3.02. The molecule has 0 amide bonds. The largest absolute Gasteiger partial charge is 0.337 e. The van der Waals surface area contributed by atoms with Crippen molar-refractivity contribution in [2.75, 3.05) is 6.54 Å². The molecule has 1 heterocycles. The van der Waals surface area contributed by atoms with Crippen LogP contribution < -0.4 is 5.73 Å². The highest BCUT2D eigenvalue weighted by atomic mass is 15.1. The molecule has 2 rings (SSSR count). The molecule has 0 spiro atoms. The molecule has 14 heavy (non-hydrogen) atoms. The van der Waals surface area contributed by atoms with E-state index >= 15 is 0 Å². The number of nitrogens with zero attached hydrogens (tertiary/aromatic N) is 2. The first kappa shape index (κ1) is 9.71. The predicted octanol–water partition coefficient (Wildman–Crippen LogP) is 1.44. The molecular formula is C11H19N3. The molecule has 78 valence electrons. The molecule has 1 aliphatic carbocycles. The second-order valence-corrected chi connectivity index (χ2v) is 4.52. The maximum absolute atomic E-state index is 5.97. The van der Waals surface area contributed by atoms with Crippen LogP contribution in [0.1, 0.15) is 32.0 Å². The molecular weight excluding hydrogens is 174 g/mol. The summed E-state index contributed by atoms with van der Waals surface area (Å²) in [6.07, 6.45) is 7.64. The molecule has 2 unspecified atom stereocenters. The number of nitrogens with two attached hydrogens (primary N) is 1. The zero-order valence-corrected chi connectivity index (χ0v) is 9.03. The fraction of sp³-hybridized carbons (Fsp3) is 0.727. The van der Waals surface area contributed by atoms with Crippen LogP contribution >= 0.6 is 0 Å². The lowest BCUT2D eigenvalue weighted by molar-refractivity contribution is 0.319. The van der Waals surface area contributed by atoms with E-state index in [0.29, 0.717) is 5.92 Å². The Morgan fingerprint density at radius 2 is 2.50 bits per heavy atom. The lowest BCUT2D eigenvalue weighted by Gasteiger charge is -2.31. The zero-order valence-electron chi connectivity index (χ0n) is 9.03. The second kappa shape index (κ2) is 3.39. The molecule has 1 saturated carbocycles. The van der Waals surface area contributed by atoms with E-state index in [-0.39, 0.29) is 5.41 Å². The van der Waals surface area contributed by atoms with Crippen molar-refractivity contribution in [3.05, 3.63) is 18.2 Å². The van der Waals surface area contributed by atoms with E-state index in [1.54, 1.807) is 0 Å². The van der Waals surface area contributed by atoms with E-state index < -0.39 is 0 Å². The third-order valence-corrected chi connectivity index (χ3v) is 3.83. The van der Waals surface area contributed by atoms with Gasteiger partial charge in [0.1, 0.15) is 5.82 Å². The van der Waals surface area contributed by atoms with Crippen molar-refractivity contribution in [1.82, 2.24) is 9.55 Å². The summed E-state index contributed by atoms with van der Waals surface area (Å²) in [5.41, 5.74) is 6.10. The smallest absolute Gasteiger partial charge is 0.116 e. The molecule has 0 bridgehead atoms. The third-order valence-electron chi connectivity index (χ3n) is 3.83. The average Bonchev–Trinajstić information content (AvgIpc) is 2.73. The van der Waals surface area contributed by atoms with Gasteiger partial charge in [0.15, 0.2) is 0 Å². The summed E-state index contributed by atoms with van der Waals surface area (Å²) >= 11 is 0. The van der Waals surface area contributed by atoms with E-state index in [9.17, 15) is 0 Å². The quantitative estimate of drug-likeness (QED) is 0.772. The van der Waals surface area contributed by atoms with Crippen molar-refractivity contribution in [2.24, 2.45) is 18.7 Å². The van der Waals surface area contributed by atoms with E-state index in [1.165, 1.54) is 25.1 Å². The number of rotatable bonds is 2. The number of hydrogen-bond donors (Lipinski definition) is 1. The topological polar surface area (TPSA) is 43.8 Å². The van der Waals surface area contributed by atoms with Crippen LogP contribution in [0, 0.1) is 5.92 Å².